The van der Waals surface area contributed by atoms with Crippen LogP contribution in [0.5, 0.6) is 0 Å². The van der Waals surface area contributed by atoms with Crippen LogP contribution in [0, 0.1) is 29.1 Å². The molecule has 0 aliphatic rings. The number of fused-ring (bicyclic) bond motifs is 1. The zero-order valence-electron chi connectivity index (χ0n) is 16.8. The number of hydrogen-bond acceptors (Lipinski definition) is 3. The first-order valence-electron chi connectivity index (χ1n) is 9.51. The van der Waals surface area contributed by atoms with Crippen LogP contribution in [0.4, 0.5) is 27.6 Å². The minimum Gasteiger partial charge on any atom is -0.436 e. The Hall–Kier alpha value is -3.75. The summed E-state index contributed by atoms with van der Waals surface area (Å²) in [4.78, 5) is 16.6. The molecule has 0 unspecified atom stereocenters. The van der Waals surface area contributed by atoms with Crippen LogP contribution in [0.3, 0.4) is 0 Å². The molecule has 0 aliphatic heterocycles. The highest BCUT2D eigenvalue weighted by molar-refractivity contribution is 6.05. The van der Waals surface area contributed by atoms with Crippen molar-refractivity contribution in [3.05, 3.63) is 82.7 Å². The molecule has 0 radical (unpaired) electrons. The number of nitrogens with one attached hydrogen (secondary N) is 1. The number of rotatable bonds is 4. The Kier molecular flexibility index (Phi) is 5.41. The molecule has 1 aromatic heterocycles. The second-order valence-electron chi connectivity index (χ2n) is 7.38. The van der Waals surface area contributed by atoms with E-state index in [2.05, 4.69) is 24.1 Å². The number of carbonyl (C=O) groups is 1. The molecule has 9 heteroatoms. The van der Waals surface area contributed by atoms with Gasteiger partial charge in [-0.15, -0.1) is 0 Å². The van der Waals surface area contributed by atoms with Gasteiger partial charge in [-0.05, 0) is 41.8 Å². The van der Waals surface area contributed by atoms with Crippen LogP contribution in [-0.4, -0.2) is 10.9 Å². The van der Waals surface area contributed by atoms with Crippen molar-refractivity contribution in [1.82, 2.24) is 4.98 Å². The summed E-state index contributed by atoms with van der Waals surface area (Å²) in [6, 6.07) is 11.8. The number of oxazole rings is 1. The lowest BCUT2D eigenvalue weighted by molar-refractivity contribution is 0.101. The third kappa shape index (κ3) is 3.70. The van der Waals surface area contributed by atoms with Gasteiger partial charge in [0.1, 0.15) is 11.1 Å². The Bertz CT molecular complexity index is 1320. The van der Waals surface area contributed by atoms with E-state index < -0.39 is 40.6 Å². The summed E-state index contributed by atoms with van der Waals surface area (Å²) in [7, 11) is 0. The fourth-order valence-corrected chi connectivity index (χ4v) is 3.14. The molecular weight excluding hydrogens is 431 g/mol. The average Bonchev–Trinajstić information content (AvgIpc) is 3.20. The highest BCUT2D eigenvalue weighted by atomic mass is 19.2. The Morgan fingerprint density at radius 3 is 2.06 bits per heavy atom. The molecule has 0 spiro atoms. The van der Waals surface area contributed by atoms with E-state index in [0.29, 0.717) is 22.9 Å². The van der Waals surface area contributed by atoms with Gasteiger partial charge in [-0.2, -0.15) is 0 Å². The SMILES string of the molecule is CC(C)c1ccc(-c2nc3cc(NC(=O)c4c(F)c(F)c(F)c(F)c4F)ccc3o2)cc1. The van der Waals surface area contributed by atoms with E-state index in [-0.39, 0.29) is 5.69 Å². The quantitative estimate of drug-likeness (QED) is 0.219. The Balaban J connectivity index is 1.63. The molecule has 0 atom stereocenters. The van der Waals surface area contributed by atoms with E-state index in [1.807, 2.05) is 24.3 Å². The lowest BCUT2D eigenvalue weighted by atomic mass is 10.0. The van der Waals surface area contributed by atoms with Crippen molar-refractivity contribution in [1.29, 1.82) is 0 Å². The van der Waals surface area contributed by atoms with Crippen molar-refractivity contribution in [3.63, 3.8) is 0 Å². The van der Waals surface area contributed by atoms with E-state index >= 15 is 0 Å². The lowest BCUT2D eigenvalue weighted by Crippen LogP contribution is -2.19. The topological polar surface area (TPSA) is 55.1 Å². The van der Waals surface area contributed by atoms with Gasteiger partial charge in [-0.25, -0.2) is 26.9 Å². The molecule has 1 N–H and O–H groups in total. The molecule has 4 aromatic rings. The van der Waals surface area contributed by atoms with Crippen molar-refractivity contribution >= 4 is 22.7 Å². The van der Waals surface area contributed by atoms with Crippen molar-refractivity contribution in [2.75, 3.05) is 5.32 Å². The summed E-state index contributed by atoms with van der Waals surface area (Å²) in [5.74, 6) is -12.0. The molecule has 0 aliphatic carbocycles. The van der Waals surface area contributed by atoms with Gasteiger partial charge in [0.15, 0.2) is 28.9 Å². The highest BCUT2D eigenvalue weighted by Gasteiger charge is 2.29. The molecule has 3 aromatic carbocycles. The summed E-state index contributed by atoms with van der Waals surface area (Å²) in [6.07, 6.45) is 0. The van der Waals surface area contributed by atoms with Crippen molar-refractivity contribution in [2.45, 2.75) is 19.8 Å². The number of aromatic nitrogens is 1. The maximum atomic E-state index is 13.9. The number of amides is 1. The number of anilines is 1. The van der Waals surface area contributed by atoms with Gasteiger partial charge < -0.3 is 9.73 Å². The molecule has 4 rings (SSSR count). The molecule has 0 saturated carbocycles. The zero-order chi connectivity index (χ0) is 23.2. The summed E-state index contributed by atoms with van der Waals surface area (Å²) in [5, 5.41) is 2.12. The van der Waals surface area contributed by atoms with E-state index in [1.165, 1.54) is 18.2 Å². The Morgan fingerprint density at radius 2 is 1.47 bits per heavy atom. The molecule has 1 heterocycles. The van der Waals surface area contributed by atoms with Crippen LogP contribution >= 0.6 is 0 Å². The Morgan fingerprint density at radius 1 is 0.875 bits per heavy atom. The highest BCUT2D eigenvalue weighted by Crippen LogP contribution is 2.28. The van der Waals surface area contributed by atoms with Crippen molar-refractivity contribution in [2.24, 2.45) is 0 Å². The number of halogens is 5. The first-order valence-corrected chi connectivity index (χ1v) is 9.51. The van der Waals surface area contributed by atoms with Gasteiger partial charge in [0.05, 0.1) is 0 Å². The maximum Gasteiger partial charge on any atom is 0.261 e. The molecule has 164 valence electrons. The van der Waals surface area contributed by atoms with Crippen LogP contribution in [0.1, 0.15) is 35.7 Å². The summed E-state index contributed by atoms with van der Waals surface area (Å²) in [6.45, 7) is 4.13. The van der Waals surface area contributed by atoms with Crippen molar-refractivity contribution < 1.29 is 31.2 Å². The second-order valence-corrected chi connectivity index (χ2v) is 7.38. The summed E-state index contributed by atoms with van der Waals surface area (Å²) < 4.78 is 73.4. The minimum absolute atomic E-state index is 0.0291. The zero-order valence-corrected chi connectivity index (χ0v) is 16.8. The molecular formula is C23H15F5N2O2. The summed E-state index contributed by atoms with van der Waals surface area (Å²) >= 11 is 0. The Labute approximate surface area is 178 Å². The first kappa shape index (κ1) is 21.5. The van der Waals surface area contributed by atoms with Gasteiger partial charge in [-0.3, -0.25) is 4.79 Å². The fourth-order valence-electron chi connectivity index (χ4n) is 3.14. The van der Waals surface area contributed by atoms with Gasteiger partial charge in [-0.1, -0.05) is 26.0 Å². The van der Waals surface area contributed by atoms with E-state index in [4.69, 9.17) is 4.42 Å². The largest absolute Gasteiger partial charge is 0.436 e. The van der Waals surface area contributed by atoms with Crippen LogP contribution in [0.25, 0.3) is 22.6 Å². The molecule has 32 heavy (non-hydrogen) atoms. The van der Waals surface area contributed by atoms with Crippen LogP contribution in [0.15, 0.2) is 46.9 Å². The smallest absolute Gasteiger partial charge is 0.261 e. The second kappa shape index (κ2) is 8.07. The number of hydrogen-bond donors (Lipinski definition) is 1. The number of benzene rings is 3. The molecule has 1 amide bonds. The summed E-state index contributed by atoms with van der Waals surface area (Å²) in [5.41, 5.74) is 1.01. The number of nitrogens with zero attached hydrogens (tertiary/aromatic N) is 1. The van der Waals surface area contributed by atoms with E-state index in [9.17, 15) is 26.7 Å². The van der Waals surface area contributed by atoms with Crippen LogP contribution < -0.4 is 5.32 Å². The van der Waals surface area contributed by atoms with Gasteiger partial charge in [0.25, 0.3) is 5.91 Å². The van der Waals surface area contributed by atoms with Crippen LogP contribution in [-0.2, 0) is 0 Å². The lowest BCUT2D eigenvalue weighted by Gasteiger charge is -2.09. The first-order chi connectivity index (χ1) is 15.2. The average molecular weight is 446 g/mol. The normalized spacial score (nSPS) is 11.4. The van der Waals surface area contributed by atoms with Gasteiger partial charge in [0, 0.05) is 11.3 Å². The predicted octanol–water partition coefficient (Wildman–Crippen LogP) is 6.57. The van der Waals surface area contributed by atoms with E-state index in [0.717, 1.165) is 11.1 Å². The minimum atomic E-state index is -2.34. The molecule has 0 fully saturated rings. The van der Waals surface area contributed by atoms with Gasteiger partial charge in [0.2, 0.25) is 11.7 Å². The molecule has 4 nitrogen and oxygen atoms in total. The number of carbonyl (C=O) groups excluding carboxylic acids is 1. The third-order valence-corrected chi connectivity index (χ3v) is 4.91. The molecule has 0 saturated heterocycles. The third-order valence-electron chi connectivity index (χ3n) is 4.91. The monoisotopic (exact) mass is 446 g/mol. The maximum absolute atomic E-state index is 13.9. The standard InChI is InChI=1S/C23H15F5N2O2/c1-10(2)11-3-5-12(6-4-11)23-30-14-9-13(7-8-15(14)32-23)29-22(31)16-17(24)19(26)21(28)20(27)18(16)25/h3-10H,1-2H3,(H,29,31). The van der Waals surface area contributed by atoms with Crippen LogP contribution in [0.2, 0.25) is 0 Å². The predicted molar refractivity (Wildman–Crippen MR) is 108 cm³/mol. The van der Waals surface area contributed by atoms with E-state index in [1.54, 1.807) is 0 Å². The molecule has 0 bridgehead atoms. The van der Waals surface area contributed by atoms with Gasteiger partial charge >= 0.3 is 0 Å². The van der Waals surface area contributed by atoms with Crippen molar-refractivity contribution in [3.8, 4) is 11.5 Å². The fraction of sp³-hybridized carbons (Fsp3) is 0.130.